The zero-order valence-corrected chi connectivity index (χ0v) is 14.7. The molecule has 0 aromatic carbocycles. The van der Waals surface area contributed by atoms with Gasteiger partial charge < -0.3 is 14.2 Å². The molecule has 4 rings (SSSR count). The maximum absolute atomic E-state index is 12.5. The molecule has 4 saturated heterocycles. The van der Waals surface area contributed by atoms with E-state index in [9.17, 15) is 14.4 Å². The Hall–Kier alpha value is -1.53. The smallest absolute Gasteiger partial charge is 0.341 e. The molecule has 0 unspecified atom stereocenters. The number of epoxide rings is 1. The molecule has 6 atom stereocenters. The molecule has 4 aliphatic heterocycles. The monoisotopic (exact) mass is 348 g/mol. The molecule has 4 bridgehead atoms. The largest absolute Gasteiger partial charge is 0.457 e. The topological polar surface area (TPSA) is 82.2 Å². The summed E-state index contributed by atoms with van der Waals surface area (Å²) in [6.45, 7) is 7.72. The number of rotatable bonds is 1. The van der Waals surface area contributed by atoms with Crippen molar-refractivity contribution in [1.82, 2.24) is 0 Å². The number of ether oxygens (including phenoxy) is 3. The quantitative estimate of drug-likeness (QED) is 0.409. The highest BCUT2D eigenvalue weighted by molar-refractivity contribution is 5.92. The van der Waals surface area contributed by atoms with Gasteiger partial charge in [0, 0.05) is 25.7 Å². The molecule has 0 N–H and O–H groups in total. The molecule has 0 spiro atoms. The first-order chi connectivity index (χ1) is 11.7. The molecular formula is C19H24O6. The molecule has 0 saturated carbocycles. The van der Waals surface area contributed by atoms with Crippen LogP contribution < -0.4 is 0 Å². The minimum absolute atomic E-state index is 0.00773. The number of hydrogen-bond donors (Lipinski definition) is 0. The van der Waals surface area contributed by atoms with Crippen LogP contribution in [0.4, 0.5) is 0 Å². The molecular weight excluding hydrogens is 324 g/mol. The summed E-state index contributed by atoms with van der Waals surface area (Å²) in [5.74, 6) is -0.390. The molecule has 25 heavy (non-hydrogen) atoms. The van der Waals surface area contributed by atoms with Gasteiger partial charge in [-0.25, -0.2) is 4.79 Å². The summed E-state index contributed by atoms with van der Waals surface area (Å²) in [6.07, 6.45) is 0.945. The van der Waals surface area contributed by atoms with Gasteiger partial charge >= 0.3 is 5.97 Å². The van der Waals surface area contributed by atoms with Gasteiger partial charge in [-0.05, 0) is 32.6 Å². The molecule has 0 amide bonds. The van der Waals surface area contributed by atoms with Crippen LogP contribution in [0.5, 0.6) is 0 Å². The Morgan fingerprint density at radius 3 is 2.64 bits per heavy atom. The van der Waals surface area contributed by atoms with E-state index in [1.165, 1.54) is 0 Å². The summed E-state index contributed by atoms with van der Waals surface area (Å²) in [7, 11) is 0. The van der Waals surface area contributed by atoms with Crippen molar-refractivity contribution >= 4 is 17.5 Å². The predicted octanol–water partition coefficient (Wildman–Crippen LogP) is 1.89. The Morgan fingerprint density at radius 2 is 1.96 bits per heavy atom. The summed E-state index contributed by atoms with van der Waals surface area (Å²) in [4.78, 5) is 37.1. The number of carbonyl (C=O) groups excluding carboxylic acids is 3. The van der Waals surface area contributed by atoms with E-state index in [1.807, 2.05) is 13.8 Å². The van der Waals surface area contributed by atoms with Gasteiger partial charge in [-0.3, -0.25) is 9.59 Å². The van der Waals surface area contributed by atoms with E-state index >= 15 is 0 Å². The molecule has 0 aromatic heterocycles. The average molecular weight is 348 g/mol. The van der Waals surface area contributed by atoms with Gasteiger partial charge in [0.05, 0.1) is 5.60 Å². The van der Waals surface area contributed by atoms with Gasteiger partial charge in [-0.2, -0.15) is 0 Å². The van der Waals surface area contributed by atoms with E-state index in [-0.39, 0.29) is 48.5 Å². The number of Topliss-reactive ketones (excluding diaryl/α,β-unsaturated/α-hetero) is 2. The Balaban J connectivity index is 1.62. The maximum Gasteiger partial charge on any atom is 0.341 e. The second-order valence-electron chi connectivity index (χ2n) is 8.30. The molecule has 0 aliphatic carbocycles. The van der Waals surface area contributed by atoms with E-state index in [0.717, 1.165) is 5.57 Å². The van der Waals surface area contributed by atoms with Crippen LogP contribution in [0, 0.1) is 5.92 Å². The highest BCUT2D eigenvalue weighted by Crippen LogP contribution is 2.53. The SMILES string of the molecule is C=C(C)[C@H]1CC[C@]23O[C@H]2[C@@H](C[C@@]2(C)CC(=O)[C@H](CC(=O)C1)O2)OC3=O. The highest BCUT2D eigenvalue weighted by Gasteiger charge is 2.73. The second-order valence-corrected chi connectivity index (χ2v) is 8.30. The molecule has 136 valence electrons. The Labute approximate surface area is 146 Å². The third-order valence-electron chi connectivity index (χ3n) is 6.10. The van der Waals surface area contributed by atoms with Crippen molar-refractivity contribution in [2.45, 2.75) is 81.9 Å². The minimum atomic E-state index is -0.867. The Morgan fingerprint density at radius 1 is 1.20 bits per heavy atom. The van der Waals surface area contributed by atoms with E-state index in [4.69, 9.17) is 14.2 Å². The van der Waals surface area contributed by atoms with Crippen molar-refractivity contribution in [3.63, 3.8) is 0 Å². The van der Waals surface area contributed by atoms with Gasteiger partial charge in [-0.1, -0.05) is 12.2 Å². The fourth-order valence-corrected chi connectivity index (χ4v) is 4.59. The van der Waals surface area contributed by atoms with Crippen molar-refractivity contribution in [2.75, 3.05) is 0 Å². The summed E-state index contributed by atoms with van der Waals surface area (Å²) >= 11 is 0. The lowest BCUT2D eigenvalue weighted by molar-refractivity contribution is -0.158. The van der Waals surface area contributed by atoms with Gasteiger partial charge in [0.2, 0.25) is 0 Å². The normalized spacial score (nSPS) is 46.6. The summed E-state index contributed by atoms with van der Waals surface area (Å²) in [5, 5.41) is 0. The third kappa shape index (κ3) is 2.75. The zero-order valence-electron chi connectivity index (χ0n) is 14.7. The molecule has 0 aromatic rings. The van der Waals surface area contributed by atoms with Crippen LogP contribution in [-0.2, 0) is 28.6 Å². The first-order valence-corrected chi connectivity index (χ1v) is 8.99. The van der Waals surface area contributed by atoms with E-state index < -0.39 is 17.3 Å². The number of fused-ring (bicyclic) bond motifs is 2. The molecule has 4 heterocycles. The predicted molar refractivity (Wildman–Crippen MR) is 86.8 cm³/mol. The summed E-state index contributed by atoms with van der Waals surface area (Å²) in [5.41, 5.74) is -0.673. The third-order valence-corrected chi connectivity index (χ3v) is 6.10. The molecule has 6 heteroatoms. The Bertz CT molecular complexity index is 669. The number of carbonyl (C=O) groups is 3. The molecule has 4 aliphatic rings. The summed E-state index contributed by atoms with van der Waals surface area (Å²) < 4.78 is 17.3. The summed E-state index contributed by atoms with van der Waals surface area (Å²) in [6, 6.07) is 0. The van der Waals surface area contributed by atoms with Crippen LogP contribution in [0.25, 0.3) is 0 Å². The van der Waals surface area contributed by atoms with Crippen LogP contribution in [0.1, 0.15) is 52.4 Å². The minimum Gasteiger partial charge on any atom is -0.457 e. The first-order valence-electron chi connectivity index (χ1n) is 8.99. The Kier molecular flexibility index (Phi) is 3.71. The standard InChI is InChI=1S/C19H24O6/c1-10(2)11-4-5-19-16(25-19)15(23-17(19)22)9-18(3)8-13(21)14(24-18)7-12(20)6-11/h11,14-16H,1,4-9H2,2-3H3/t11-,14-,15+,16-,18+,19-/m0/s1. The van der Waals surface area contributed by atoms with Crippen LogP contribution in [0.2, 0.25) is 0 Å². The fraction of sp³-hybridized carbons (Fsp3) is 0.737. The van der Waals surface area contributed by atoms with E-state index in [1.54, 1.807) is 0 Å². The van der Waals surface area contributed by atoms with Gasteiger partial charge in [0.15, 0.2) is 11.4 Å². The lowest BCUT2D eigenvalue weighted by Crippen LogP contribution is -2.33. The van der Waals surface area contributed by atoms with Gasteiger partial charge in [-0.15, -0.1) is 0 Å². The molecule has 4 fully saturated rings. The van der Waals surface area contributed by atoms with Crippen LogP contribution in [0.3, 0.4) is 0 Å². The van der Waals surface area contributed by atoms with E-state index in [0.29, 0.717) is 25.7 Å². The van der Waals surface area contributed by atoms with Gasteiger partial charge in [0.1, 0.15) is 24.1 Å². The van der Waals surface area contributed by atoms with Crippen molar-refractivity contribution in [3.05, 3.63) is 12.2 Å². The van der Waals surface area contributed by atoms with Crippen molar-refractivity contribution in [3.8, 4) is 0 Å². The molecule has 0 radical (unpaired) electrons. The van der Waals surface area contributed by atoms with Crippen molar-refractivity contribution in [1.29, 1.82) is 0 Å². The maximum atomic E-state index is 12.5. The number of allylic oxidation sites excluding steroid dienone is 1. The molecule has 6 nitrogen and oxygen atoms in total. The average Bonchev–Trinajstić information content (AvgIpc) is 3.10. The van der Waals surface area contributed by atoms with Crippen LogP contribution >= 0.6 is 0 Å². The van der Waals surface area contributed by atoms with Crippen molar-refractivity contribution in [2.24, 2.45) is 5.92 Å². The zero-order chi connectivity index (χ0) is 18.0. The fourth-order valence-electron chi connectivity index (χ4n) is 4.59. The second kappa shape index (κ2) is 5.48. The number of esters is 1. The van der Waals surface area contributed by atoms with Crippen molar-refractivity contribution < 1.29 is 28.6 Å². The van der Waals surface area contributed by atoms with E-state index in [2.05, 4.69) is 6.58 Å². The lowest BCUT2D eigenvalue weighted by atomic mass is 9.84. The van der Waals surface area contributed by atoms with Crippen LogP contribution in [0.15, 0.2) is 12.2 Å². The van der Waals surface area contributed by atoms with Crippen LogP contribution in [-0.4, -0.2) is 47.0 Å². The highest BCUT2D eigenvalue weighted by atomic mass is 16.7. The first kappa shape index (κ1) is 16.9. The number of ketones is 2. The number of hydrogen-bond acceptors (Lipinski definition) is 6. The van der Waals surface area contributed by atoms with Gasteiger partial charge in [0.25, 0.3) is 0 Å². The lowest BCUT2D eigenvalue weighted by Gasteiger charge is -2.27.